The normalized spacial score (nSPS) is 21.0. The van der Waals surface area contributed by atoms with E-state index in [1.165, 1.54) is 12.0 Å². The number of hydrogen-bond acceptors (Lipinski definition) is 6. The van der Waals surface area contributed by atoms with Crippen LogP contribution in [0.25, 0.3) is 0 Å². The summed E-state index contributed by atoms with van der Waals surface area (Å²) in [7, 11) is -2.04. The third kappa shape index (κ3) is 3.76. The molecule has 0 aromatic carbocycles. The highest BCUT2D eigenvalue weighted by atomic mass is 32.2. The minimum Gasteiger partial charge on any atom is -0.466 e. The van der Waals surface area contributed by atoms with Crippen LogP contribution < -0.4 is 0 Å². The van der Waals surface area contributed by atoms with Gasteiger partial charge < -0.3 is 14.1 Å². The predicted molar refractivity (Wildman–Crippen MR) is 77.7 cm³/mol. The zero-order valence-corrected chi connectivity index (χ0v) is 13.1. The molecule has 7 nitrogen and oxygen atoms in total. The Hall–Kier alpha value is -2.09. The van der Waals surface area contributed by atoms with Gasteiger partial charge in [0.1, 0.15) is 17.6 Å². The van der Waals surface area contributed by atoms with Gasteiger partial charge in [-0.1, -0.05) is 0 Å². The van der Waals surface area contributed by atoms with Crippen LogP contribution in [0.1, 0.15) is 17.6 Å². The van der Waals surface area contributed by atoms with Crippen LogP contribution in [0.15, 0.2) is 28.7 Å². The smallest absolute Gasteiger partial charge is 0.330 e. The maximum absolute atomic E-state index is 12.2. The van der Waals surface area contributed by atoms with E-state index in [1.807, 2.05) is 0 Å². The van der Waals surface area contributed by atoms with Crippen molar-refractivity contribution in [2.24, 2.45) is 0 Å². The number of nitrogens with zero attached hydrogens (tertiary/aromatic N) is 1. The second-order valence-corrected chi connectivity index (χ2v) is 7.20. The average Bonchev–Trinajstić information content (AvgIpc) is 2.90. The molecule has 1 aliphatic heterocycles. The summed E-state index contributed by atoms with van der Waals surface area (Å²) in [5.41, 5.74) is 0. The lowest BCUT2D eigenvalue weighted by Crippen LogP contribution is -2.45. The summed E-state index contributed by atoms with van der Waals surface area (Å²) in [4.78, 5) is 24.7. The van der Waals surface area contributed by atoms with Crippen molar-refractivity contribution in [2.75, 3.05) is 25.2 Å². The number of hydrogen-bond donors (Lipinski definition) is 0. The SMILES string of the molecule is COC(=O)/C=C/C(=O)N1CCS(=O)(=O)CC1c1ccc(C)o1. The van der Waals surface area contributed by atoms with Gasteiger partial charge in [0.05, 0.1) is 18.6 Å². The van der Waals surface area contributed by atoms with E-state index < -0.39 is 27.8 Å². The van der Waals surface area contributed by atoms with Crippen molar-refractivity contribution in [3.63, 3.8) is 0 Å². The Bertz CT molecular complexity index is 703. The Morgan fingerprint density at radius 1 is 1.36 bits per heavy atom. The highest BCUT2D eigenvalue weighted by molar-refractivity contribution is 7.91. The molecule has 0 radical (unpaired) electrons. The van der Waals surface area contributed by atoms with Crippen LogP contribution in [0.3, 0.4) is 0 Å². The topological polar surface area (TPSA) is 93.9 Å². The van der Waals surface area contributed by atoms with E-state index in [-0.39, 0.29) is 18.1 Å². The molecular formula is C14H17NO6S. The van der Waals surface area contributed by atoms with E-state index in [0.29, 0.717) is 11.5 Å². The molecule has 120 valence electrons. The first kappa shape index (κ1) is 16.3. The molecule has 1 atom stereocenters. The summed E-state index contributed by atoms with van der Waals surface area (Å²) in [6.45, 7) is 1.79. The van der Waals surface area contributed by atoms with Gasteiger partial charge in [0.2, 0.25) is 5.91 Å². The molecule has 1 aliphatic rings. The standard InChI is InChI=1S/C14H17NO6S/c1-10-3-4-12(21-10)11-9-22(18,19)8-7-15(11)13(16)5-6-14(17)20-2/h3-6,11H,7-9H2,1-2H3/b6-5+. The molecule has 0 N–H and O–H groups in total. The fraction of sp³-hybridized carbons (Fsp3) is 0.429. The molecule has 1 aromatic rings. The fourth-order valence-corrected chi connectivity index (χ4v) is 3.71. The summed E-state index contributed by atoms with van der Waals surface area (Å²) >= 11 is 0. The van der Waals surface area contributed by atoms with E-state index >= 15 is 0 Å². The Morgan fingerprint density at radius 3 is 2.68 bits per heavy atom. The zero-order chi connectivity index (χ0) is 16.3. The van der Waals surface area contributed by atoms with Gasteiger partial charge in [0.15, 0.2) is 9.84 Å². The molecule has 8 heteroatoms. The van der Waals surface area contributed by atoms with Crippen LogP contribution in [-0.2, 0) is 24.2 Å². The van der Waals surface area contributed by atoms with Crippen molar-refractivity contribution in [3.8, 4) is 0 Å². The molecule has 1 aromatic heterocycles. The summed E-state index contributed by atoms with van der Waals surface area (Å²) in [5, 5.41) is 0. The number of esters is 1. The number of methoxy groups -OCH3 is 1. The Kier molecular flexibility index (Phi) is 4.70. The average molecular weight is 327 g/mol. The van der Waals surface area contributed by atoms with Gasteiger partial charge in [-0.05, 0) is 19.1 Å². The summed E-state index contributed by atoms with van der Waals surface area (Å²) in [6.07, 6.45) is 2.09. The number of amides is 1. The second-order valence-electron chi connectivity index (χ2n) is 4.97. The van der Waals surface area contributed by atoms with Crippen molar-refractivity contribution < 1.29 is 27.2 Å². The molecule has 22 heavy (non-hydrogen) atoms. The maximum atomic E-state index is 12.2. The zero-order valence-electron chi connectivity index (χ0n) is 12.3. The minimum atomic E-state index is -3.24. The lowest BCUT2D eigenvalue weighted by atomic mass is 10.2. The van der Waals surface area contributed by atoms with Gasteiger partial charge in [-0.3, -0.25) is 4.79 Å². The molecular weight excluding hydrogens is 310 g/mol. The third-order valence-electron chi connectivity index (χ3n) is 3.37. The third-order valence-corrected chi connectivity index (χ3v) is 5.00. The highest BCUT2D eigenvalue weighted by Crippen LogP contribution is 2.28. The van der Waals surface area contributed by atoms with Crippen LogP contribution in [0.2, 0.25) is 0 Å². The van der Waals surface area contributed by atoms with Gasteiger partial charge in [-0.15, -0.1) is 0 Å². The summed E-state index contributed by atoms with van der Waals surface area (Å²) < 4.78 is 33.6. The molecule has 2 heterocycles. The van der Waals surface area contributed by atoms with Crippen LogP contribution in [0.5, 0.6) is 0 Å². The number of aryl methyl sites for hydroxylation is 1. The van der Waals surface area contributed by atoms with Crippen molar-refractivity contribution in [1.82, 2.24) is 4.90 Å². The van der Waals surface area contributed by atoms with Crippen molar-refractivity contribution in [1.29, 1.82) is 0 Å². The lowest BCUT2D eigenvalue weighted by molar-refractivity contribution is -0.135. The quantitative estimate of drug-likeness (QED) is 0.596. The Balaban J connectivity index is 2.25. The lowest BCUT2D eigenvalue weighted by Gasteiger charge is -2.33. The number of carbonyl (C=O) groups is 2. The maximum Gasteiger partial charge on any atom is 0.330 e. The molecule has 1 amide bonds. The van der Waals surface area contributed by atoms with Crippen molar-refractivity contribution >= 4 is 21.7 Å². The van der Waals surface area contributed by atoms with Crippen LogP contribution in [0, 0.1) is 6.92 Å². The van der Waals surface area contributed by atoms with Gasteiger partial charge in [0, 0.05) is 18.7 Å². The molecule has 2 rings (SSSR count). The number of carbonyl (C=O) groups excluding carboxylic acids is 2. The van der Waals surface area contributed by atoms with Crippen molar-refractivity contribution in [2.45, 2.75) is 13.0 Å². The van der Waals surface area contributed by atoms with Crippen LogP contribution >= 0.6 is 0 Å². The first-order valence-electron chi connectivity index (χ1n) is 6.66. The van der Waals surface area contributed by atoms with Crippen LogP contribution in [-0.4, -0.2) is 50.4 Å². The molecule has 1 unspecified atom stereocenters. The molecule has 0 bridgehead atoms. The Morgan fingerprint density at radius 2 is 2.09 bits per heavy atom. The van der Waals surface area contributed by atoms with E-state index in [9.17, 15) is 18.0 Å². The molecule has 0 saturated carbocycles. The minimum absolute atomic E-state index is 0.0527. The number of ether oxygens (including phenoxy) is 1. The van der Waals surface area contributed by atoms with E-state index in [2.05, 4.69) is 4.74 Å². The van der Waals surface area contributed by atoms with Gasteiger partial charge in [0.25, 0.3) is 0 Å². The van der Waals surface area contributed by atoms with E-state index in [0.717, 1.165) is 12.2 Å². The summed E-state index contributed by atoms with van der Waals surface area (Å²) in [5.74, 6) is -0.363. The molecule has 0 spiro atoms. The monoisotopic (exact) mass is 327 g/mol. The molecule has 1 fully saturated rings. The van der Waals surface area contributed by atoms with Gasteiger partial charge >= 0.3 is 5.97 Å². The first-order valence-corrected chi connectivity index (χ1v) is 8.48. The Labute approximate surface area is 128 Å². The van der Waals surface area contributed by atoms with E-state index in [1.54, 1.807) is 19.1 Å². The number of rotatable bonds is 3. The van der Waals surface area contributed by atoms with E-state index in [4.69, 9.17) is 4.42 Å². The molecule has 1 saturated heterocycles. The fourth-order valence-electron chi connectivity index (χ4n) is 2.24. The highest BCUT2D eigenvalue weighted by Gasteiger charge is 2.36. The summed E-state index contributed by atoms with van der Waals surface area (Å²) in [6, 6.07) is 2.68. The number of sulfone groups is 1. The van der Waals surface area contributed by atoms with Crippen LogP contribution in [0.4, 0.5) is 0 Å². The van der Waals surface area contributed by atoms with Crippen molar-refractivity contribution in [3.05, 3.63) is 35.8 Å². The van der Waals surface area contributed by atoms with Gasteiger partial charge in [-0.25, -0.2) is 13.2 Å². The number of furan rings is 1. The largest absolute Gasteiger partial charge is 0.466 e. The van der Waals surface area contributed by atoms with Gasteiger partial charge in [-0.2, -0.15) is 0 Å². The first-order chi connectivity index (χ1) is 10.3. The molecule has 0 aliphatic carbocycles. The predicted octanol–water partition coefficient (Wildman–Crippen LogP) is 0.615. The second kappa shape index (κ2) is 6.35.